The van der Waals surface area contributed by atoms with Crippen molar-refractivity contribution in [3.63, 3.8) is 0 Å². The summed E-state index contributed by atoms with van der Waals surface area (Å²) in [6, 6.07) is 0. The van der Waals surface area contributed by atoms with E-state index in [1.807, 2.05) is 13.8 Å². The van der Waals surface area contributed by atoms with Crippen molar-refractivity contribution >= 4 is 11.8 Å². The molecular formula is C15H23N3O2. The van der Waals surface area contributed by atoms with E-state index in [0.717, 1.165) is 30.5 Å². The third-order valence-electron chi connectivity index (χ3n) is 4.43. The Hall–Kier alpha value is -1.65. The monoisotopic (exact) mass is 277 g/mol. The molecule has 0 amide bonds. The summed E-state index contributed by atoms with van der Waals surface area (Å²) in [4.78, 5) is 11.6. The van der Waals surface area contributed by atoms with Crippen LogP contribution >= 0.6 is 0 Å². The van der Waals surface area contributed by atoms with Crippen molar-refractivity contribution in [2.24, 2.45) is 0 Å². The van der Waals surface area contributed by atoms with E-state index in [0.29, 0.717) is 24.2 Å². The van der Waals surface area contributed by atoms with Crippen LogP contribution in [0.25, 0.3) is 0 Å². The molecule has 0 aliphatic heterocycles. The number of hydrogen-bond donors (Lipinski definition) is 2. The van der Waals surface area contributed by atoms with Gasteiger partial charge in [-0.2, -0.15) is 5.10 Å². The minimum absolute atomic E-state index is 0.0115. The van der Waals surface area contributed by atoms with E-state index in [4.69, 9.17) is 0 Å². The molecule has 1 heterocycles. The van der Waals surface area contributed by atoms with Crippen molar-refractivity contribution in [3.05, 3.63) is 16.8 Å². The Morgan fingerprint density at radius 1 is 1.25 bits per heavy atom. The zero-order valence-electron chi connectivity index (χ0n) is 12.5. The number of aromatic nitrogens is 2. The van der Waals surface area contributed by atoms with Crippen LogP contribution in [0.3, 0.4) is 0 Å². The van der Waals surface area contributed by atoms with E-state index in [9.17, 15) is 9.90 Å². The number of rotatable bonds is 6. The highest BCUT2D eigenvalue weighted by Gasteiger charge is 2.36. The molecule has 5 heteroatoms. The van der Waals surface area contributed by atoms with E-state index in [-0.39, 0.29) is 5.54 Å². The maximum atomic E-state index is 11.6. The van der Waals surface area contributed by atoms with Gasteiger partial charge in [0.05, 0.1) is 5.69 Å². The van der Waals surface area contributed by atoms with Gasteiger partial charge in [0.25, 0.3) is 0 Å². The van der Waals surface area contributed by atoms with Crippen LogP contribution in [0, 0.1) is 0 Å². The molecule has 2 N–H and O–H groups in total. The number of carboxylic acid groups (broad SMARTS) is 1. The molecule has 1 fully saturated rings. The zero-order valence-corrected chi connectivity index (χ0v) is 12.5. The average Bonchev–Trinajstić information content (AvgIpc) is 2.41. The number of aryl methyl sites for hydroxylation is 1. The molecule has 5 nitrogen and oxygen atoms in total. The van der Waals surface area contributed by atoms with E-state index < -0.39 is 5.97 Å². The Kier molecular flexibility index (Phi) is 4.26. The van der Waals surface area contributed by atoms with Crippen molar-refractivity contribution in [1.29, 1.82) is 0 Å². The molecule has 1 aliphatic rings. The molecule has 0 radical (unpaired) electrons. The lowest BCUT2D eigenvalue weighted by Crippen LogP contribution is -2.45. The molecule has 110 valence electrons. The molecule has 0 bridgehead atoms. The molecule has 0 aromatic carbocycles. The van der Waals surface area contributed by atoms with Crippen molar-refractivity contribution < 1.29 is 9.90 Å². The van der Waals surface area contributed by atoms with E-state index in [1.54, 1.807) is 0 Å². The summed E-state index contributed by atoms with van der Waals surface area (Å²) in [5, 5.41) is 21.3. The van der Waals surface area contributed by atoms with Crippen LogP contribution in [-0.4, -0.2) is 26.8 Å². The quantitative estimate of drug-likeness (QED) is 0.836. The van der Waals surface area contributed by atoms with Gasteiger partial charge in [0.1, 0.15) is 5.56 Å². The highest BCUT2D eigenvalue weighted by atomic mass is 16.4. The Balaban J connectivity index is 2.44. The first-order valence-electron chi connectivity index (χ1n) is 7.46. The lowest BCUT2D eigenvalue weighted by Gasteiger charge is -2.42. The molecule has 0 unspecified atom stereocenters. The molecule has 0 spiro atoms. The standard InChI is InChI=1S/C15H23N3O2/c1-4-10-11(5-2)17-18-13(12(10)14(19)20)16-15(6-3)8-7-9-15/h4-9H2,1-3H3,(H,16,18)(H,19,20). The van der Waals surface area contributed by atoms with Crippen LogP contribution in [0.4, 0.5) is 5.82 Å². The summed E-state index contributed by atoms with van der Waals surface area (Å²) in [5.41, 5.74) is 1.91. The fraction of sp³-hybridized carbons (Fsp3) is 0.667. The van der Waals surface area contributed by atoms with Gasteiger partial charge >= 0.3 is 5.97 Å². The molecule has 20 heavy (non-hydrogen) atoms. The maximum absolute atomic E-state index is 11.6. The Labute approximate surface area is 119 Å². The number of aromatic carboxylic acids is 1. The number of hydrogen-bond acceptors (Lipinski definition) is 4. The van der Waals surface area contributed by atoms with Gasteiger partial charge < -0.3 is 10.4 Å². The molecule has 0 saturated heterocycles. The van der Waals surface area contributed by atoms with Crippen LogP contribution < -0.4 is 5.32 Å². The van der Waals surface area contributed by atoms with Crippen molar-refractivity contribution in [2.45, 2.75) is 64.8 Å². The first-order chi connectivity index (χ1) is 9.56. The van der Waals surface area contributed by atoms with Gasteiger partial charge in [-0.3, -0.25) is 0 Å². The van der Waals surface area contributed by atoms with E-state index >= 15 is 0 Å². The van der Waals surface area contributed by atoms with Gasteiger partial charge in [0.15, 0.2) is 5.82 Å². The Morgan fingerprint density at radius 2 is 1.95 bits per heavy atom. The van der Waals surface area contributed by atoms with Gasteiger partial charge in [-0.15, -0.1) is 5.10 Å². The second kappa shape index (κ2) is 5.77. The summed E-state index contributed by atoms with van der Waals surface area (Å²) in [5.74, 6) is -0.479. The highest BCUT2D eigenvalue weighted by molar-refractivity contribution is 5.95. The van der Waals surface area contributed by atoms with Crippen LogP contribution in [0.15, 0.2) is 0 Å². The normalized spacial score (nSPS) is 16.6. The summed E-state index contributed by atoms with van der Waals surface area (Å²) in [7, 11) is 0. The molecule has 1 saturated carbocycles. The molecule has 1 aromatic rings. The average molecular weight is 277 g/mol. The lowest BCUT2D eigenvalue weighted by molar-refractivity contribution is 0.0695. The molecule has 2 rings (SSSR count). The second-order valence-corrected chi connectivity index (χ2v) is 5.47. The fourth-order valence-corrected chi connectivity index (χ4v) is 2.91. The second-order valence-electron chi connectivity index (χ2n) is 5.47. The molecule has 1 aromatic heterocycles. The Bertz CT molecular complexity index is 505. The first-order valence-corrected chi connectivity index (χ1v) is 7.46. The van der Waals surface area contributed by atoms with Crippen LogP contribution in [0.5, 0.6) is 0 Å². The summed E-state index contributed by atoms with van der Waals surface area (Å²) < 4.78 is 0. The van der Waals surface area contributed by atoms with Gasteiger partial charge in [-0.05, 0) is 44.1 Å². The number of anilines is 1. The molecule has 0 atom stereocenters. The number of carboxylic acids is 1. The van der Waals surface area contributed by atoms with Gasteiger partial charge in [-0.1, -0.05) is 20.8 Å². The minimum atomic E-state index is -0.917. The van der Waals surface area contributed by atoms with Crippen LogP contribution in [-0.2, 0) is 12.8 Å². The predicted octanol–water partition coefficient (Wildman–Crippen LogP) is 3.04. The summed E-state index contributed by atoms with van der Waals surface area (Å²) in [6.07, 6.45) is 5.67. The molecular weight excluding hydrogens is 254 g/mol. The third kappa shape index (κ3) is 2.49. The zero-order chi connectivity index (χ0) is 14.8. The van der Waals surface area contributed by atoms with Crippen molar-refractivity contribution in [3.8, 4) is 0 Å². The number of nitrogens with one attached hydrogen (secondary N) is 1. The van der Waals surface area contributed by atoms with E-state index in [2.05, 4.69) is 22.4 Å². The summed E-state index contributed by atoms with van der Waals surface area (Å²) in [6.45, 7) is 6.06. The Morgan fingerprint density at radius 3 is 2.35 bits per heavy atom. The van der Waals surface area contributed by atoms with Gasteiger partial charge in [-0.25, -0.2) is 4.79 Å². The molecule has 1 aliphatic carbocycles. The number of nitrogens with zero attached hydrogens (tertiary/aromatic N) is 2. The van der Waals surface area contributed by atoms with Crippen molar-refractivity contribution in [2.75, 3.05) is 5.32 Å². The first kappa shape index (κ1) is 14.8. The van der Waals surface area contributed by atoms with E-state index in [1.165, 1.54) is 6.42 Å². The van der Waals surface area contributed by atoms with Crippen LogP contribution in [0.2, 0.25) is 0 Å². The predicted molar refractivity (Wildman–Crippen MR) is 78.2 cm³/mol. The maximum Gasteiger partial charge on any atom is 0.339 e. The van der Waals surface area contributed by atoms with Gasteiger partial charge in [0, 0.05) is 5.54 Å². The SMILES string of the molecule is CCc1nnc(NC2(CC)CCC2)c(C(=O)O)c1CC. The minimum Gasteiger partial charge on any atom is -0.478 e. The summed E-state index contributed by atoms with van der Waals surface area (Å²) >= 11 is 0. The number of carbonyl (C=O) groups is 1. The van der Waals surface area contributed by atoms with Crippen LogP contribution in [0.1, 0.15) is 68.1 Å². The lowest BCUT2D eigenvalue weighted by atomic mass is 9.74. The van der Waals surface area contributed by atoms with Gasteiger partial charge in [0.2, 0.25) is 0 Å². The van der Waals surface area contributed by atoms with Crippen molar-refractivity contribution in [1.82, 2.24) is 10.2 Å². The highest BCUT2D eigenvalue weighted by Crippen LogP contribution is 2.38. The third-order valence-corrected chi connectivity index (χ3v) is 4.43. The smallest absolute Gasteiger partial charge is 0.339 e. The largest absolute Gasteiger partial charge is 0.478 e. The topological polar surface area (TPSA) is 75.1 Å². The fourth-order valence-electron chi connectivity index (χ4n) is 2.91.